The van der Waals surface area contributed by atoms with E-state index < -0.39 is 0 Å². The number of aromatic nitrogens is 3. The Labute approximate surface area is 201 Å². The number of nitrogens with zero attached hydrogens (tertiary/aromatic N) is 4. The number of hydrogen-bond acceptors (Lipinski definition) is 5. The van der Waals surface area contributed by atoms with Crippen LogP contribution in [-0.2, 0) is 0 Å². The summed E-state index contributed by atoms with van der Waals surface area (Å²) in [5.41, 5.74) is 9.56. The van der Waals surface area contributed by atoms with E-state index in [1.54, 1.807) is 24.4 Å². The van der Waals surface area contributed by atoms with Gasteiger partial charge in [0.05, 0.1) is 27.3 Å². The smallest absolute Gasteiger partial charge is 0.257 e. The molecule has 0 saturated carbocycles. The molecule has 4 rings (SSSR count). The molecule has 7 nitrogen and oxygen atoms in total. The van der Waals surface area contributed by atoms with Crippen LogP contribution >= 0.6 is 23.2 Å². The number of para-hydroxylation sites is 2. The third-order valence-corrected chi connectivity index (χ3v) is 6.02. The van der Waals surface area contributed by atoms with E-state index in [-0.39, 0.29) is 17.3 Å². The standard InChI is InChI=1S/C24H24Cl2N6O/c1-2-3-4-7-12-28-24(33)20-21-23(31-19-9-6-5-8-18(19)30-21)32(22(20)27)29-14-15-10-11-16(25)17(26)13-15/h5-6,8-11,13-14H,2-4,7,12,27H2,1H3,(H,28,33)/b29-14-. The van der Waals surface area contributed by atoms with Crippen molar-refractivity contribution in [2.24, 2.45) is 5.10 Å². The van der Waals surface area contributed by atoms with E-state index in [1.165, 1.54) is 4.68 Å². The highest BCUT2D eigenvalue weighted by Crippen LogP contribution is 2.28. The molecule has 0 fully saturated rings. The first-order valence-electron chi connectivity index (χ1n) is 10.8. The number of unbranched alkanes of at least 4 members (excludes halogenated alkanes) is 3. The number of hydrogen-bond donors (Lipinski definition) is 2. The van der Waals surface area contributed by atoms with Gasteiger partial charge in [-0.3, -0.25) is 4.79 Å². The molecule has 0 spiro atoms. The zero-order chi connectivity index (χ0) is 23.4. The summed E-state index contributed by atoms with van der Waals surface area (Å²) in [4.78, 5) is 22.4. The lowest BCUT2D eigenvalue weighted by molar-refractivity contribution is 0.0955. The number of nitrogens with two attached hydrogens (primary N) is 1. The Kier molecular flexibility index (Phi) is 7.11. The van der Waals surface area contributed by atoms with Gasteiger partial charge in [0.25, 0.3) is 5.91 Å². The van der Waals surface area contributed by atoms with E-state index in [0.717, 1.165) is 31.2 Å². The predicted molar refractivity (Wildman–Crippen MR) is 135 cm³/mol. The minimum Gasteiger partial charge on any atom is -0.383 e. The molecule has 33 heavy (non-hydrogen) atoms. The van der Waals surface area contributed by atoms with E-state index in [9.17, 15) is 4.79 Å². The van der Waals surface area contributed by atoms with Gasteiger partial charge < -0.3 is 11.1 Å². The van der Waals surface area contributed by atoms with E-state index in [2.05, 4.69) is 27.3 Å². The van der Waals surface area contributed by atoms with Crippen molar-refractivity contribution in [2.75, 3.05) is 12.3 Å². The maximum atomic E-state index is 13.1. The van der Waals surface area contributed by atoms with Gasteiger partial charge in [-0.25, -0.2) is 9.97 Å². The number of anilines is 1. The summed E-state index contributed by atoms with van der Waals surface area (Å²) >= 11 is 12.1. The molecule has 0 aliphatic carbocycles. The highest BCUT2D eigenvalue weighted by atomic mass is 35.5. The summed E-state index contributed by atoms with van der Waals surface area (Å²) < 4.78 is 1.43. The fourth-order valence-electron chi connectivity index (χ4n) is 3.55. The van der Waals surface area contributed by atoms with Crippen molar-refractivity contribution >= 4 is 63.3 Å². The van der Waals surface area contributed by atoms with Gasteiger partial charge in [-0.15, -0.1) is 0 Å². The van der Waals surface area contributed by atoms with E-state index in [0.29, 0.717) is 38.8 Å². The van der Waals surface area contributed by atoms with E-state index in [1.807, 2.05) is 24.3 Å². The Hall–Kier alpha value is -3.16. The normalized spacial score (nSPS) is 11.6. The van der Waals surface area contributed by atoms with Crippen LogP contribution in [-0.4, -0.2) is 33.3 Å². The highest BCUT2D eigenvalue weighted by molar-refractivity contribution is 6.42. The van der Waals surface area contributed by atoms with Gasteiger partial charge in [0.1, 0.15) is 16.9 Å². The minimum atomic E-state index is -0.290. The van der Waals surface area contributed by atoms with Gasteiger partial charge in [-0.05, 0) is 36.2 Å². The summed E-state index contributed by atoms with van der Waals surface area (Å²) in [6, 6.07) is 12.6. The second kappa shape index (κ2) is 10.2. The number of rotatable bonds is 8. The van der Waals surface area contributed by atoms with Gasteiger partial charge in [0.2, 0.25) is 0 Å². The van der Waals surface area contributed by atoms with Crippen molar-refractivity contribution < 1.29 is 4.79 Å². The Morgan fingerprint density at radius 1 is 1.09 bits per heavy atom. The predicted octanol–water partition coefficient (Wildman–Crippen LogP) is 5.67. The molecule has 0 radical (unpaired) electrons. The molecule has 4 aromatic rings. The van der Waals surface area contributed by atoms with Crippen LogP contribution < -0.4 is 11.1 Å². The molecule has 0 aliphatic heterocycles. The average molecular weight is 483 g/mol. The van der Waals surface area contributed by atoms with Crippen molar-refractivity contribution in [2.45, 2.75) is 32.6 Å². The largest absolute Gasteiger partial charge is 0.383 e. The number of carbonyl (C=O) groups is 1. The maximum absolute atomic E-state index is 13.1. The number of halogens is 2. The number of nitrogens with one attached hydrogen (secondary N) is 1. The highest BCUT2D eigenvalue weighted by Gasteiger charge is 2.23. The summed E-state index contributed by atoms with van der Waals surface area (Å²) in [6.07, 6.45) is 5.82. The topological polar surface area (TPSA) is 98.2 Å². The van der Waals surface area contributed by atoms with Crippen LogP contribution in [0.25, 0.3) is 22.2 Å². The molecule has 0 bridgehead atoms. The average Bonchev–Trinajstić information content (AvgIpc) is 3.08. The molecule has 2 aromatic heterocycles. The number of carbonyl (C=O) groups excluding carboxylic acids is 1. The molecule has 0 unspecified atom stereocenters. The number of benzene rings is 2. The third-order valence-electron chi connectivity index (χ3n) is 5.28. The van der Waals surface area contributed by atoms with Crippen LogP contribution in [0.1, 0.15) is 48.5 Å². The fourth-order valence-corrected chi connectivity index (χ4v) is 3.85. The molecule has 1 amide bonds. The van der Waals surface area contributed by atoms with Crippen molar-refractivity contribution in [3.05, 3.63) is 63.6 Å². The van der Waals surface area contributed by atoms with Crippen molar-refractivity contribution in [1.29, 1.82) is 0 Å². The van der Waals surface area contributed by atoms with Crippen LogP contribution in [0.5, 0.6) is 0 Å². The SMILES string of the molecule is CCCCCCNC(=O)c1c(N)n(/N=C\c2ccc(Cl)c(Cl)c2)c2nc3ccccc3nc12. The van der Waals surface area contributed by atoms with Crippen LogP contribution in [0.4, 0.5) is 5.82 Å². The second-order valence-electron chi connectivity index (χ2n) is 7.69. The third kappa shape index (κ3) is 4.94. The Morgan fingerprint density at radius 2 is 1.85 bits per heavy atom. The molecule has 2 aromatic carbocycles. The minimum absolute atomic E-state index is 0.169. The quantitative estimate of drug-likeness (QED) is 0.249. The molecule has 0 atom stereocenters. The molecule has 2 heterocycles. The molecule has 9 heteroatoms. The molecule has 3 N–H and O–H groups in total. The molecule has 0 saturated heterocycles. The Balaban J connectivity index is 1.76. The number of fused-ring (bicyclic) bond motifs is 2. The molecular formula is C24H24Cl2N6O. The van der Waals surface area contributed by atoms with Gasteiger partial charge in [-0.1, -0.05) is 67.6 Å². The Bertz CT molecular complexity index is 1350. The van der Waals surface area contributed by atoms with Crippen LogP contribution in [0.2, 0.25) is 10.0 Å². The summed E-state index contributed by atoms with van der Waals surface area (Å²) in [5, 5.41) is 8.31. The van der Waals surface area contributed by atoms with Crippen LogP contribution in [0, 0.1) is 0 Å². The van der Waals surface area contributed by atoms with Crippen molar-refractivity contribution in [3.8, 4) is 0 Å². The zero-order valence-corrected chi connectivity index (χ0v) is 19.7. The molecular weight excluding hydrogens is 459 g/mol. The first kappa shape index (κ1) is 23.0. The van der Waals surface area contributed by atoms with Gasteiger partial charge >= 0.3 is 0 Å². The molecule has 170 valence electrons. The first-order valence-corrected chi connectivity index (χ1v) is 11.6. The number of amides is 1. The van der Waals surface area contributed by atoms with Gasteiger partial charge in [0, 0.05) is 6.54 Å². The monoisotopic (exact) mass is 482 g/mol. The van der Waals surface area contributed by atoms with Crippen LogP contribution in [0.15, 0.2) is 47.6 Å². The zero-order valence-electron chi connectivity index (χ0n) is 18.2. The van der Waals surface area contributed by atoms with Crippen molar-refractivity contribution in [1.82, 2.24) is 20.0 Å². The lowest BCUT2D eigenvalue weighted by atomic mass is 10.2. The van der Waals surface area contributed by atoms with Gasteiger partial charge in [0.15, 0.2) is 5.65 Å². The van der Waals surface area contributed by atoms with Gasteiger partial charge in [-0.2, -0.15) is 9.78 Å². The summed E-state index contributed by atoms with van der Waals surface area (Å²) in [7, 11) is 0. The van der Waals surface area contributed by atoms with E-state index >= 15 is 0 Å². The lowest BCUT2D eigenvalue weighted by Gasteiger charge is -2.05. The summed E-state index contributed by atoms with van der Waals surface area (Å²) in [6.45, 7) is 2.72. The Morgan fingerprint density at radius 3 is 2.58 bits per heavy atom. The van der Waals surface area contributed by atoms with Crippen molar-refractivity contribution in [3.63, 3.8) is 0 Å². The van der Waals surface area contributed by atoms with Crippen LogP contribution in [0.3, 0.4) is 0 Å². The number of nitrogen functional groups attached to an aromatic ring is 1. The first-order chi connectivity index (χ1) is 16.0. The fraction of sp³-hybridized carbons (Fsp3) is 0.250. The molecule has 0 aliphatic rings. The summed E-state index contributed by atoms with van der Waals surface area (Å²) in [5.74, 6) is -0.121. The maximum Gasteiger partial charge on any atom is 0.257 e. The lowest BCUT2D eigenvalue weighted by Crippen LogP contribution is -2.25. The second-order valence-corrected chi connectivity index (χ2v) is 8.51. The van der Waals surface area contributed by atoms with E-state index in [4.69, 9.17) is 28.9 Å².